The Morgan fingerprint density at radius 2 is 1.45 bits per heavy atom. The van der Waals surface area contributed by atoms with Gasteiger partial charge in [-0.3, -0.25) is 4.98 Å². The molecule has 0 aliphatic rings. The first-order chi connectivity index (χ1) is 10.7. The molecule has 0 aliphatic heterocycles. The van der Waals surface area contributed by atoms with Gasteiger partial charge < -0.3 is 0 Å². The van der Waals surface area contributed by atoms with E-state index >= 15 is 0 Å². The molecule has 106 valence electrons. The van der Waals surface area contributed by atoms with E-state index in [0.717, 1.165) is 11.2 Å². The molecule has 1 heteroatoms. The maximum atomic E-state index is 4.78. The maximum absolute atomic E-state index is 4.78. The van der Waals surface area contributed by atoms with E-state index in [0.29, 0.717) is 0 Å². The molecule has 0 spiro atoms. The summed E-state index contributed by atoms with van der Waals surface area (Å²) in [5.41, 5.74) is 5.91. The molecule has 0 N–H and O–H groups in total. The van der Waals surface area contributed by atoms with Gasteiger partial charge in [-0.2, -0.15) is 0 Å². The van der Waals surface area contributed by atoms with Crippen LogP contribution in [-0.4, -0.2) is 4.98 Å². The number of rotatable bonds is 1. The number of nitrogens with zero attached hydrogens (tertiary/aromatic N) is 1. The van der Waals surface area contributed by atoms with Gasteiger partial charge in [0.1, 0.15) is 0 Å². The molecule has 0 unspecified atom stereocenters. The highest BCUT2D eigenvalue weighted by Gasteiger charge is 2.07. The second-order valence-corrected chi connectivity index (χ2v) is 5.84. The standard InChI is InChI=1S/C21H17N/c1-14-8-11-21-20(12-14)18-10-9-17(13-19(18)15(2)22-21)16-6-4-3-5-7-16/h3-13H,1-2H3. The minimum atomic E-state index is 1.07. The van der Waals surface area contributed by atoms with Crippen LogP contribution in [-0.2, 0) is 0 Å². The highest BCUT2D eigenvalue weighted by atomic mass is 14.7. The monoisotopic (exact) mass is 283 g/mol. The number of pyridine rings is 1. The summed E-state index contributed by atoms with van der Waals surface area (Å²) in [5, 5.41) is 3.76. The van der Waals surface area contributed by atoms with Gasteiger partial charge in [0.15, 0.2) is 0 Å². The Morgan fingerprint density at radius 1 is 0.636 bits per heavy atom. The molecule has 3 aromatic carbocycles. The first-order valence-electron chi connectivity index (χ1n) is 7.58. The lowest BCUT2D eigenvalue weighted by atomic mass is 9.98. The number of aryl methyl sites for hydroxylation is 2. The summed E-state index contributed by atoms with van der Waals surface area (Å²) in [6.07, 6.45) is 0. The van der Waals surface area contributed by atoms with Crippen molar-refractivity contribution in [2.75, 3.05) is 0 Å². The fourth-order valence-electron chi connectivity index (χ4n) is 3.09. The van der Waals surface area contributed by atoms with E-state index in [9.17, 15) is 0 Å². The fourth-order valence-corrected chi connectivity index (χ4v) is 3.09. The van der Waals surface area contributed by atoms with Crippen molar-refractivity contribution in [2.45, 2.75) is 13.8 Å². The van der Waals surface area contributed by atoms with Gasteiger partial charge >= 0.3 is 0 Å². The molecule has 0 saturated heterocycles. The quantitative estimate of drug-likeness (QED) is 0.410. The van der Waals surface area contributed by atoms with E-state index in [1.807, 2.05) is 6.07 Å². The van der Waals surface area contributed by atoms with Gasteiger partial charge in [0, 0.05) is 16.5 Å². The van der Waals surface area contributed by atoms with Crippen LogP contribution in [0.15, 0.2) is 66.7 Å². The van der Waals surface area contributed by atoms with Crippen LogP contribution in [0.4, 0.5) is 0 Å². The number of aromatic nitrogens is 1. The van der Waals surface area contributed by atoms with Crippen molar-refractivity contribution in [1.29, 1.82) is 0 Å². The molecule has 0 saturated carbocycles. The molecule has 1 aromatic heterocycles. The third kappa shape index (κ3) is 2.06. The lowest BCUT2D eigenvalue weighted by Crippen LogP contribution is -1.89. The summed E-state index contributed by atoms with van der Waals surface area (Å²) in [5.74, 6) is 0. The average molecular weight is 283 g/mol. The molecule has 4 aromatic rings. The van der Waals surface area contributed by atoms with Gasteiger partial charge in [-0.05, 0) is 48.6 Å². The molecule has 0 aliphatic carbocycles. The van der Waals surface area contributed by atoms with Gasteiger partial charge in [0.05, 0.1) is 5.52 Å². The Balaban J connectivity index is 2.05. The van der Waals surface area contributed by atoms with Crippen LogP contribution in [0.5, 0.6) is 0 Å². The Kier molecular flexibility index (Phi) is 2.93. The smallest absolute Gasteiger partial charge is 0.0711 e. The third-order valence-corrected chi connectivity index (χ3v) is 4.25. The zero-order valence-electron chi connectivity index (χ0n) is 12.8. The highest BCUT2D eigenvalue weighted by molar-refractivity contribution is 6.07. The van der Waals surface area contributed by atoms with Crippen molar-refractivity contribution in [1.82, 2.24) is 4.98 Å². The molecule has 0 amide bonds. The van der Waals surface area contributed by atoms with Crippen molar-refractivity contribution < 1.29 is 0 Å². The van der Waals surface area contributed by atoms with Crippen molar-refractivity contribution in [3.05, 3.63) is 78.0 Å². The highest BCUT2D eigenvalue weighted by Crippen LogP contribution is 2.30. The summed E-state index contributed by atoms with van der Waals surface area (Å²) in [6.45, 7) is 4.22. The van der Waals surface area contributed by atoms with Gasteiger partial charge in [0.2, 0.25) is 0 Å². The predicted molar refractivity (Wildman–Crippen MR) is 94.2 cm³/mol. The van der Waals surface area contributed by atoms with Crippen LogP contribution in [0, 0.1) is 13.8 Å². The Labute approximate surface area is 130 Å². The summed E-state index contributed by atoms with van der Waals surface area (Å²) >= 11 is 0. The van der Waals surface area contributed by atoms with E-state index in [1.165, 1.54) is 32.8 Å². The SMILES string of the molecule is Cc1ccc2nc(C)c3cc(-c4ccccc4)ccc3c2c1. The maximum Gasteiger partial charge on any atom is 0.0711 e. The molecule has 22 heavy (non-hydrogen) atoms. The number of fused-ring (bicyclic) bond motifs is 3. The first kappa shape index (κ1) is 13.0. The van der Waals surface area contributed by atoms with Crippen molar-refractivity contribution in [3.63, 3.8) is 0 Å². The van der Waals surface area contributed by atoms with Crippen molar-refractivity contribution in [2.24, 2.45) is 0 Å². The summed E-state index contributed by atoms with van der Waals surface area (Å²) < 4.78 is 0. The molecule has 0 radical (unpaired) electrons. The number of hydrogen-bond donors (Lipinski definition) is 0. The van der Waals surface area contributed by atoms with Crippen molar-refractivity contribution >= 4 is 21.7 Å². The lowest BCUT2D eigenvalue weighted by molar-refractivity contribution is 1.29. The minimum absolute atomic E-state index is 1.07. The predicted octanol–water partition coefficient (Wildman–Crippen LogP) is 5.67. The van der Waals surface area contributed by atoms with E-state index in [2.05, 4.69) is 74.5 Å². The molecule has 0 atom stereocenters. The molecule has 0 fully saturated rings. The molecule has 1 nitrogen and oxygen atoms in total. The van der Waals surface area contributed by atoms with Crippen LogP contribution >= 0.6 is 0 Å². The molecule has 0 bridgehead atoms. The molecular formula is C21H17N. The summed E-state index contributed by atoms with van der Waals surface area (Å²) in [4.78, 5) is 4.78. The number of hydrogen-bond acceptors (Lipinski definition) is 1. The largest absolute Gasteiger partial charge is 0.252 e. The van der Waals surface area contributed by atoms with E-state index in [1.54, 1.807) is 0 Å². The van der Waals surface area contributed by atoms with Gasteiger partial charge in [0.25, 0.3) is 0 Å². The summed E-state index contributed by atoms with van der Waals surface area (Å²) in [7, 11) is 0. The molecule has 4 rings (SSSR count). The molecular weight excluding hydrogens is 266 g/mol. The number of benzene rings is 3. The lowest BCUT2D eigenvalue weighted by Gasteiger charge is -2.10. The van der Waals surface area contributed by atoms with Crippen LogP contribution in [0.3, 0.4) is 0 Å². The Morgan fingerprint density at radius 3 is 2.27 bits per heavy atom. The second-order valence-electron chi connectivity index (χ2n) is 5.84. The van der Waals surface area contributed by atoms with Gasteiger partial charge in [-0.15, -0.1) is 0 Å². The fraction of sp³-hybridized carbons (Fsp3) is 0.0952. The summed E-state index contributed by atoms with van der Waals surface area (Å²) in [6, 6.07) is 23.7. The van der Waals surface area contributed by atoms with E-state index in [4.69, 9.17) is 4.98 Å². The first-order valence-corrected chi connectivity index (χ1v) is 7.58. The Bertz CT molecular complexity index is 985. The van der Waals surface area contributed by atoms with Crippen LogP contribution < -0.4 is 0 Å². The minimum Gasteiger partial charge on any atom is -0.252 e. The van der Waals surface area contributed by atoms with E-state index < -0.39 is 0 Å². The van der Waals surface area contributed by atoms with Crippen LogP contribution in [0.2, 0.25) is 0 Å². The topological polar surface area (TPSA) is 12.9 Å². The third-order valence-electron chi connectivity index (χ3n) is 4.25. The van der Waals surface area contributed by atoms with Gasteiger partial charge in [-0.1, -0.05) is 54.1 Å². The zero-order valence-corrected chi connectivity index (χ0v) is 12.8. The van der Waals surface area contributed by atoms with Crippen molar-refractivity contribution in [3.8, 4) is 11.1 Å². The van der Waals surface area contributed by atoms with Gasteiger partial charge in [-0.25, -0.2) is 0 Å². The Hall–Kier alpha value is -2.67. The van der Waals surface area contributed by atoms with Crippen LogP contribution in [0.25, 0.3) is 32.8 Å². The van der Waals surface area contributed by atoms with E-state index in [-0.39, 0.29) is 0 Å². The second kappa shape index (κ2) is 4.96. The zero-order chi connectivity index (χ0) is 15.1. The van der Waals surface area contributed by atoms with Crippen LogP contribution in [0.1, 0.15) is 11.3 Å². The average Bonchev–Trinajstić information content (AvgIpc) is 2.56. The molecule has 1 heterocycles. The normalized spacial score (nSPS) is 11.2.